The zero-order valence-electron chi connectivity index (χ0n) is 16.5. The third-order valence-electron chi connectivity index (χ3n) is 5.23. The smallest absolute Gasteiger partial charge is 0.223 e. The quantitative estimate of drug-likeness (QED) is 0.606. The third-order valence-corrected chi connectivity index (χ3v) is 5.23. The number of hydrogen-bond donors (Lipinski definition) is 0. The minimum absolute atomic E-state index is 0.0776. The molecule has 1 heterocycles. The molecule has 2 aliphatic rings. The Labute approximate surface area is 165 Å². The third kappa shape index (κ3) is 4.67. The summed E-state index contributed by atoms with van der Waals surface area (Å²) < 4.78 is 27.8. The number of halogens is 2. The van der Waals surface area contributed by atoms with Crippen molar-refractivity contribution < 1.29 is 13.6 Å². The minimum Gasteiger partial charge on any atom is -0.328 e. The largest absolute Gasteiger partial charge is 0.328 e. The number of benzene rings is 2. The van der Waals surface area contributed by atoms with Crippen molar-refractivity contribution in [1.29, 1.82) is 0 Å². The van der Waals surface area contributed by atoms with Gasteiger partial charge in [-0.25, -0.2) is 8.78 Å². The van der Waals surface area contributed by atoms with Gasteiger partial charge >= 0.3 is 0 Å². The van der Waals surface area contributed by atoms with Crippen LogP contribution in [0.4, 0.5) is 8.78 Å². The molecule has 0 saturated heterocycles. The van der Waals surface area contributed by atoms with Gasteiger partial charge in [-0.05, 0) is 41.7 Å². The summed E-state index contributed by atoms with van der Waals surface area (Å²) in [6.07, 6.45) is 5.75. The van der Waals surface area contributed by atoms with Crippen LogP contribution in [0, 0.1) is 17.6 Å². The Kier molecular flexibility index (Phi) is 6.61. The Morgan fingerprint density at radius 3 is 2.46 bits per heavy atom. The standard InChI is InChI=1S/C22H21F2NO.C2H6/c23-18-9-10-20(24)19(13-18)17-12-21(16-4-2-1-3-5-16)25(14-17)22(26)11-8-15-6-7-15;1-2/h1-5,9-10,12-13,15,21H,6-8,11,14H2;1-2H3/t21-;/m0./s1. The van der Waals surface area contributed by atoms with Crippen molar-refractivity contribution in [3.05, 3.63) is 77.4 Å². The SMILES string of the molecule is CC.O=C(CCC1CC1)N1CC(c2cc(F)ccc2F)=C[C@H]1c1ccccc1. The van der Waals surface area contributed by atoms with E-state index in [-0.39, 0.29) is 17.5 Å². The Balaban J connectivity index is 0.00000109. The summed E-state index contributed by atoms with van der Waals surface area (Å²) >= 11 is 0. The van der Waals surface area contributed by atoms with E-state index >= 15 is 0 Å². The highest BCUT2D eigenvalue weighted by atomic mass is 19.1. The van der Waals surface area contributed by atoms with Gasteiger partial charge in [0.2, 0.25) is 5.91 Å². The first-order valence-electron chi connectivity index (χ1n) is 10.1. The molecule has 0 N–H and O–H groups in total. The van der Waals surface area contributed by atoms with Gasteiger partial charge in [-0.15, -0.1) is 0 Å². The predicted octanol–water partition coefficient (Wildman–Crippen LogP) is 6.15. The van der Waals surface area contributed by atoms with Crippen LogP contribution in [0.3, 0.4) is 0 Å². The molecule has 1 aliphatic carbocycles. The first-order chi connectivity index (χ1) is 13.6. The van der Waals surface area contributed by atoms with E-state index in [1.54, 1.807) is 4.90 Å². The Bertz CT molecular complexity index is 843. The average Bonchev–Trinajstić information content (AvgIpc) is 3.46. The maximum Gasteiger partial charge on any atom is 0.223 e. The van der Waals surface area contributed by atoms with E-state index in [9.17, 15) is 13.6 Å². The molecule has 1 atom stereocenters. The molecule has 28 heavy (non-hydrogen) atoms. The molecule has 4 heteroatoms. The van der Waals surface area contributed by atoms with E-state index in [1.807, 2.05) is 50.3 Å². The number of hydrogen-bond acceptors (Lipinski definition) is 1. The van der Waals surface area contributed by atoms with Crippen LogP contribution in [0.15, 0.2) is 54.6 Å². The second kappa shape index (κ2) is 9.13. The lowest BCUT2D eigenvalue weighted by atomic mass is 10.0. The van der Waals surface area contributed by atoms with Gasteiger partial charge in [0.05, 0.1) is 6.04 Å². The molecular weight excluding hydrogens is 356 g/mol. The van der Waals surface area contributed by atoms with Crippen LogP contribution >= 0.6 is 0 Å². The Morgan fingerprint density at radius 2 is 1.79 bits per heavy atom. The molecule has 1 fully saturated rings. The molecular formula is C24H27F2NO. The molecule has 0 radical (unpaired) electrons. The molecule has 148 valence electrons. The Hall–Kier alpha value is -2.49. The first kappa shape index (κ1) is 20.2. The van der Waals surface area contributed by atoms with Gasteiger partial charge in [-0.3, -0.25) is 4.79 Å². The van der Waals surface area contributed by atoms with Crippen LogP contribution < -0.4 is 0 Å². The van der Waals surface area contributed by atoms with Gasteiger partial charge < -0.3 is 4.90 Å². The maximum atomic E-state index is 14.2. The lowest BCUT2D eigenvalue weighted by molar-refractivity contribution is -0.131. The lowest BCUT2D eigenvalue weighted by Gasteiger charge is -2.25. The van der Waals surface area contributed by atoms with Crippen molar-refractivity contribution in [3.63, 3.8) is 0 Å². The topological polar surface area (TPSA) is 20.3 Å². The molecule has 0 aromatic heterocycles. The van der Waals surface area contributed by atoms with Gasteiger partial charge in [0, 0.05) is 18.5 Å². The van der Waals surface area contributed by atoms with Gasteiger partial charge in [0.1, 0.15) is 11.6 Å². The van der Waals surface area contributed by atoms with Gasteiger partial charge in [0.25, 0.3) is 0 Å². The Morgan fingerprint density at radius 1 is 1.07 bits per heavy atom. The van der Waals surface area contributed by atoms with Crippen molar-refractivity contribution >= 4 is 11.5 Å². The molecule has 2 aromatic rings. The highest BCUT2D eigenvalue weighted by Gasteiger charge is 2.32. The summed E-state index contributed by atoms with van der Waals surface area (Å²) in [5.41, 5.74) is 1.89. The van der Waals surface area contributed by atoms with E-state index < -0.39 is 11.6 Å². The lowest BCUT2D eigenvalue weighted by Crippen LogP contribution is -2.31. The fourth-order valence-electron chi connectivity index (χ4n) is 3.58. The monoisotopic (exact) mass is 383 g/mol. The summed E-state index contributed by atoms with van der Waals surface area (Å²) in [4.78, 5) is 14.6. The summed E-state index contributed by atoms with van der Waals surface area (Å²) in [7, 11) is 0. The molecule has 2 nitrogen and oxygen atoms in total. The number of nitrogens with zero attached hydrogens (tertiary/aromatic N) is 1. The van der Waals surface area contributed by atoms with Crippen molar-refractivity contribution in [2.24, 2.45) is 5.92 Å². The number of carbonyl (C=O) groups is 1. The molecule has 0 bridgehead atoms. The maximum absolute atomic E-state index is 14.2. The van der Waals surface area contributed by atoms with Crippen LogP contribution in [-0.4, -0.2) is 17.4 Å². The predicted molar refractivity (Wildman–Crippen MR) is 109 cm³/mol. The van der Waals surface area contributed by atoms with Crippen LogP contribution in [0.2, 0.25) is 0 Å². The van der Waals surface area contributed by atoms with E-state index in [0.717, 1.165) is 24.1 Å². The normalized spacial score (nSPS) is 18.4. The number of rotatable bonds is 5. The van der Waals surface area contributed by atoms with Crippen LogP contribution in [0.25, 0.3) is 5.57 Å². The molecule has 0 spiro atoms. The van der Waals surface area contributed by atoms with E-state index in [2.05, 4.69) is 0 Å². The van der Waals surface area contributed by atoms with E-state index in [4.69, 9.17) is 0 Å². The summed E-state index contributed by atoms with van der Waals surface area (Å²) in [6, 6.07) is 12.9. The van der Waals surface area contributed by atoms with Crippen molar-refractivity contribution in [3.8, 4) is 0 Å². The summed E-state index contributed by atoms with van der Waals surface area (Å²) in [5.74, 6) is -0.174. The molecule has 1 saturated carbocycles. The minimum atomic E-state index is -0.475. The zero-order valence-corrected chi connectivity index (χ0v) is 16.5. The second-order valence-corrected chi connectivity index (χ2v) is 7.18. The van der Waals surface area contributed by atoms with Crippen LogP contribution in [0.5, 0.6) is 0 Å². The van der Waals surface area contributed by atoms with Crippen molar-refractivity contribution in [2.75, 3.05) is 6.54 Å². The second-order valence-electron chi connectivity index (χ2n) is 7.18. The first-order valence-corrected chi connectivity index (χ1v) is 10.1. The van der Waals surface area contributed by atoms with Gasteiger partial charge in [-0.2, -0.15) is 0 Å². The van der Waals surface area contributed by atoms with E-state index in [1.165, 1.54) is 18.9 Å². The highest BCUT2D eigenvalue weighted by molar-refractivity contribution is 5.83. The summed E-state index contributed by atoms with van der Waals surface area (Å²) in [6.45, 7) is 4.31. The van der Waals surface area contributed by atoms with Crippen LogP contribution in [-0.2, 0) is 4.79 Å². The summed E-state index contributed by atoms with van der Waals surface area (Å²) in [5, 5.41) is 0. The number of amides is 1. The average molecular weight is 383 g/mol. The van der Waals surface area contributed by atoms with Crippen molar-refractivity contribution in [1.82, 2.24) is 4.90 Å². The molecule has 0 unspecified atom stereocenters. The van der Waals surface area contributed by atoms with Gasteiger partial charge in [-0.1, -0.05) is 63.1 Å². The fraction of sp³-hybridized carbons (Fsp3) is 0.375. The molecule has 1 amide bonds. The molecule has 4 rings (SSSR count). The number of carbonyl (C=O) groups excluding carboxylic acids is 1. The van der Waals surface area contributed by atoms with Gasteiger partial charge in [0.15, 0.2) is 0 Å². The molecule has 2 aromatic carbocycles. The van der Waals surface area contributed by atoms with E-state index in [0.29, 0.717) is 24.5 Å². The van der Waals surface area contributed by atoms with Crippen molar-refractivity contribution in [2.45, 2.75) is 45.6 Å². The zero-order chi connectivity index (χ0) is 20.1. The molecule has 1 aliphatic heterocycles. The van der Waals surface area contributed by atoms with Crippen LogP contribution in [0.1, 0.15) is 56.7 Å². The highest BCUT2D eigenvalue weighted by Crippen LogP contribution is 2.38. The fourth-order valence-corrected chi connectivity index (χ4v) is 3.58.